The highest BCUT2D eigenvalue weighted by Gasteiger charge is 2.30. The van der Waals surface area contributed by atoms with Crippen molar-refractivity contribution < 1.29 is 22.3 Å². The Morgan fingerprint density at radius 2 is 1.23 bits per heavy atom. The van der Waals surface area contributed by atoms with Gasteiger partial charge in [-0.2, -0.15) is 13.2 Å². The Balaban J connectivity index is 0.000000164. The van der Waals surface area contributed by atoms with E-state index in [0.717, 1.165) is 40.6 Å². The predicted molar refractivity (Wildman–Crippen MR) is 193 cm³/mol. The minimum atomic E-state index is -4.40. The lowest BCUT2D eigenvalue weighted by Gasteiger charge is -2.07. The second kappa shape index (κ2) is 13.8. The molecule has 6 heterocycles. The average Bonchev–Trinajstić information content (AvgIpc) is 3.79. The molecule has 0 unspecified atom stereocenters. The number of halogens is 4. The van der Waals surface area contributed by atoms with Crippen LogP contribution in [0, 0.1) is 33.5 Å². The van der Waals surface area contributed by atoms with Crippen LogP contribution in [0.1, 0.15) is 51.4 Å². The van der Waals surface area contributed by atoms with E-state index in [2.05, 4.69) is 40.1 Å². The van der Waals surface area contributed by atoms with Crippen molar-refractivity contribution in [2.24, 2.45) is 0 Å². The Hall–Kier alpha value is -6.64. The second-order valence-electron chi connectivity index (χ2n) is 12.1. The van der Waals surface area contributed by atoms with E-state index in [0.29, 0.717) is 50.7 Å². The third-order valence-electron chi connectivity index (χ3n) is 8.27. The molecular formula is C38H30F4N10O. The van der Waals surface area contributed by atoms with E-state index in [1.54, 1.807) is 77.1 Å². The topological polar surface area (TPSA) is 121 Å². The fraction of sp³-hybridized carbons (Fsp3) is 0.158. The van der Waals surface area contributed by atoms with E-state index in [4.69, 9.17) is 4.74 Å². The lowest BCUT2D eigenvalue weighted by Crippen LogP contribution is -2.04. The summed E-state index contributed by atoms with van der Waals surface area (Å²) in [4.78, 5) is 26.3. The molecule has 0 atom stereocenters. The zero-order valence-corrected chi connectivity index (χ0v) is 29.1. The maximum Gasteiger partial charge on any atom is 0.416 e. The SMILES string of the molecule is COc1cc(C=Cc2nc3c(C)ncc(C)n3n2)nc2ccc(F)cc12.Cc1ncc(C)n2nc(/C=C/c3ccc4ccc(C(F)(F)F)cc4n3)nc12. The largest absolute Gasteiger partial charge is 0.496 e. The summed E-state index contributed by atoms with van der Waals surface area (Å²) in [6.07, 6.45) is 6.01. The minimum Gasteiger partial charge on any atom is -0.496 e. The predicted octanol–water partition coefficient (Wildman–Crippen LogP) is 8.09. The number of alkyl halides is 3. The van der Waals surface area contributed by atoms with E-state index in [-0.39, 0.29) is 11.3 Å². The van der Waals surface area contributed by atoms with Gasteiger partial charge in [-0.3, -0.25) is 9.97 Å². The maximum absolute atomic E-state index is 13.5. The van der Waals surface area contributed by atoms with Gasteiger partial charge in [0.1, 0.15) is 11.6 Å². The summed E-state index contributed by atoms with van der Waals surface area (Å²) in [6, 6.07) is 13.2. The molecule has 266 valence electrons. The molecule has 53 heavy (non-hydrogen) atoms. The van der Waals surface area contributed by atoms with E-state index in [9.17, 15) is 17.6 Å². The van der Waals surface area contributed by atoms with Gasteiger partial charge in [0.05, 0.1) is 57.9 Å². The molecule has 0 saturated carbocycles. The van der Waals surface area contributed by atoms with Gasteiger partial charge in [0, 0.05) is 29.2 Å². The number of nitrogens with zero attached hydrogens (tertiary/aromatic N) is 10. The monoisotopic (exact) mass is 718 g/mol. The Morgan fingerprint density at radius 1 is 0.642 bits per heavy atom. The molecule has 0 spiro atoms. The van der Waals surface area contributed by atoms with Crippen LogP contribution in [0.3, 0.4) is 0 Å². The quantitative estimate of drug-likeness (QED) is 0.163. The van der Waals surface area contributed by atoms with Crippen molar-refractivity contribution in [1.82, 2.24) is 49.1 Å². The smallest absolute Gasteiger partial charge is 0.416 e. The van der Waals surface area contributed by atoms with E-state index >= 15 is 0 Å². The van der Waals surface area contributed by atoms with Gasteiger partial charge in [0.15, 0.2) is 22.9 Å². The van der Waals surface area contributed by atoms with E-state index in [1.165, 1.54) is 18.2 Å². The van der Waals surface area contributed by atoms with Gasteiger partial charge in [-0.25, -0.2) is 33.4 Å². The van der Waals surface area contributed by atoms with Gasteiger partial charge in [-0.05, 0) is 88.4 Å². The third kappa shape index (κ3) is 7.26. The number of hydrogen-bond acceptors (Lipinski definition) is 9. The van der Waals surface area contributed by atoms with Gasteiger partial charge in [0.25, 0.3) is 0 Å². The number of ether oxygens (including phenoxy) is 1. The standard InChI is InChI=1S/C19H14F3N5.C19H16FN5O/c1-11-10-23-12(2)18-25-17(26-27(11)18)8-7-15-6-4-13-3-5-14(19(20,21)22)9-16(13)24-15;1-11-10-21-12(2)19-23-18(24-25(11)19)7-5-14-9-17(26-3)15-8-13(20)4-6-16(15)22-14/h3-10H,1-2H3;4-10H,1-3H3/b8-7+;. The van der Waals surface area contributed by atoms with Crippen LogP contribution < -0.4 is 4.74 Å². The van der Waals surface area contributed by atoms with Crippen LogP contribution in [0.25, 0.3) is 57.4 Å². The van der Waals surface area contributed by atoms with Crippen molar-refractivity contribution in [2.45, 2.75) is 33.9 Å². The summed E-state index contributed by atoms with van der Waals surface area (Å²) < 4.78 is 61.0. The first-order valence-corrected chi connectivity index (χ1v) is 16.2. The van der Waals surface area contributed by atoms with Crippen LogP contribution in [0.4, 0.5) is 17.6 Å². The van der Waals surface area contributed by atoms with Crippen LogP contribution in [0.5, 0.6) is 5.75 Å². The molecule has 15 heteroatoms. The molecule has 2 aromatic carbocycles. The summed E-state index contributed by atoms with van der Waals surface area (Å²) in [5.74, 6) is 1.27. The molecule has 8 aromatic rings. The number of fused-ring (bicyclic) bond motifs is 4. The molecule has 0 aliphatic carbocycles. The Bertz CT molecular complexity index is 2660. The molecule has 8 rings (SSSR count). The molecule has 6 aromatic heterocycles. The molecule has 0 fully saturated rings. The van der Waals surface area contributed by atoms with Crippen LogP contribution in [-0.4, -0.2) is 56.2 Å². The Kier molecular flexibility index (Phi) is 9.07. The first kappa shape index (κ1) is 34.8. The van der Waals surface area contributed by atoms with Crippen molar-refractivity contribution in [3.8, 4) is 5.75 Å². The van der Waals surface area contributed by atoms with Crippen molar-refractivity contribution in [3.63, 3.8) is 0 Å². The Morgan fingerprint density at radius 3 is 1.81 bits per heavy atom. The molecule has 0 saturated heterocycles. The lowest BCUT2D eigenvalue weighted by atomic mass is 10.1. The molecule has 0 aliphatic heterocycles. The molecule has 0 N–H and O–H groups in total. The summed E-state index contributed by atoms with van der Waals surface area (Å²) in [6.45, 7) is 7.55. The molecule has 0 amide bonds. The molecule has 0 aliphatic rings. The van der Waals surface area contributed by atoms with E-state index in [1.807, 2.05) is 27.7 Å². The number of aromatic nitrogens is 10. The number of methoxy groups -OCH3 is 1. The fourth-order valence-corrected chi connectivity index (χ4v) is 5.53. The first-order chi connectivity index (χ1) is 25.4. The number of hydrogen-bond donors (Lipinski definition) is 0. The van der Waals surface area contributed by atoms with Crippen LogP contribution in [0.2, 0.25) is 0 Å². The highest BCUT2D eigenvalue weighted by molar-refractivity contribution is 5.87. The second-order valence-corrected chi connectivity index (χ2v) is 12.1. The highest BCUT2D eigenvalue weighted by Crippen LogP contribution is 2.31. The normalized spacial score (nSPS) is 12.1. The van der Waals surface area contributed by atoms with Gasteiger partial charge in [-0.15, -0.1) is 10.2 Å². The van der Waals surface area contributed by atoms with E-state index < -0.39 is 11.7 Å². The van der Waals surface area contributed by atoms with Gasteiger partial charge in [0.2, 0.25) is 0 Å². The van der Waals surface area contributed by atoms with Crippen molar-refractivity contribution >= 4 is 57.4 Å². The van der Waals surface area contributed by atoms with Crippen molar-refractivity contribution in [3.05, 3.63) is 124 Å². The molecule has 0 radical (unpaired) electrons. The average molecular weight is 719 g/mol. The number of pyridine rings is 2. The molecular weight excluding hydrogens is 688 g/mol. The number of rotatable bonds is 5. The number of benzene rings is 2. The van der Waals surface area contributed by atoms with Crippen LogP contribution in [-0.2, 0) is 6.18 Å². The van der Waals surface area contributed by atoms with Crippen molar-refractivity contribution in [2.75, 3.05) is 7.11 Å². The zero-order chi connectivity index (χ0) is 37.4. The van der Waals surface area contributed by atoms with Crippen LogP contribution in [0.15, 0.2) is 67.0 Å². The fourth-order valence-electron chi connectivity index (χ4n) is 5.53. The number of aryl methyl sites for hydroxylation is 4. The maximum atomic E-state index is 13.5. The highest BCUT2D eigenvalue weighted by atomic mass is 19.4. The summed E-state index contributed by atoms with van der Waals surface area (Å²) in [5.41, 5.74) is 6.14. The van der Waals surface area contributed by atoms with Crippen LogP contribution >= 0.6 is 0 Å². The molecule has 0 bridgehead atoms. The van der Waals surface area contributed by atoms with Gasteiger partial charge >= 0.3 is 6.18 Å². The third-order valence-corrected chi connectivity index (χ3v) is 8.27. The zero-order valence-electron chi connectivity index (χ0n) is 29.1. The van der Waals surface area contributed by atoms with Gasteiger partial charge in [-0.1, -0.05) is 12.1 Å². The van der Waals surface area contributed by atoms with Gasteiger partial charge < -0.3 is 4.74 Å². The summed E-state index contributed by atoms with van der Waals surface area (Å²) >= 11 is 0. The van der Waals surface area contributed by atoms with Crippen molar-refractivity contribution in [1.29, 1.82) is 0 Å². The Labute approximate surface area is 299 Å². The summed E-state index contributed by atoms with van der Waals surface area (Å²) in [7, 11) is 1.55. The molecule has 11 nitrogen and oxygen atoms in total. The summed E-state index contributed by atoms with van der Waals surface area (Å²) in [5, 5.41) is 10.1. The lowest BCUT2D eigenvalue weighted by molar-refractivity contribution is -0.137. The minimum absolute atomic E-state index is 0.283. The first-order valence-electron chi connectivity index (χ1n) is 16.2.